The molecule has 1 unspecified atom stereocenters. The number of rotatable bonds is 10. The van der Waals surface area contributed by atoms with Crippen LogP contribution in [0.3, 0.4) is 0 Å². The van der Waals surface area contributed by atoms with E-state index in [0.717, 1.165) is 54.2 Å². The van der Waals surface area contributed by atoms with Gasteiger partial charge in [-0.15, -0.1) is 0 Å². The first kappa shape index (κ1) is 27.6. The number of nitrogens with one attached hydrogen (secondary N) is 1. The van der Waals surface area contributed by atoms with Gasteiger partial charge in [-0.2, -0.15) is 0 Å². The van der Waals surface area contributed by atoms with E-state index in [1.165, 1.54) is 37.2 Å². The van der Waals surface area contributed by atoms with Crippen LogP contribution in [0.5, 0.6) is 5.75 Å². The van der Waals surface area contributed by atoms with Gasteiger partial charge < -0.3 is 15.0 Å². The molecule has 2 aliphatic heterocycles. The minimum atomic E-state index is -1.33. The second kappa shape index (κ2) is 12.9. The maximum atomic E-state index is 13.1. The van der Waals surface area contributed by atoms with E-state index in [2.05, 4.69) is 39.4 Å². The third-order valence-corrected chi connectivity index (χ3v) is 9.29. The number of hydrogen-bond acceptors (Lipinski definition) is 5. The summed E-state index contributed by atoms with van der Waals surface area (Å²) in [4.78, 5) is 18.4. The number of benzene rings is 2. The van der Waals surface area contributed by atoms with Crippen molar-refractivity contribution in [3.63, 3.8) is 0 Å². The molecule has 0 aromatic heterocycles. The summed E-state index contributed by atoms with van der Waals surface area (Å²) < 4.78 is 20.2. The average molecular weight is 527 g/mol. The molecule has 2 aromatic rings. The summed E-state index contributed by atoms with van der Waals surface area (Å²) in [5, 5.41) is 3.20. The zero-order valence-electron chi connectivity index (χ0n) is 22.8. The first-order chi connectivity index (χ1) is 17.8. The van der Waals surface area contributed by atoms with Gasteiger partial charge in [-0.25, -0.2) is 8.51 Å². The van der Waals surface area contributed by atoms with Gasteiger partial charge in [-0.3, -0.25) is 9.69 Å². The van der Waals surface area contributed by atoms with Gasteiger partial charge >= 0.3 is 0 Å². The summed E-state index contributed by atoms with van der Waals surface area (Å²) in [6, 6.07) is 13.0. The van der Waals surface area contributed by atoms with Crippen LogP contribution in [-0.2, 0) is 22.3 Å². The van der Waals surface area contributed by atoms with Crippen LogP contribution in [0.1, 0.15) is 48.8 Å². The smallest absolute Gasteiger partial charge is 0.221 e. The highest BCUT2D eigenvalue weighted by Gasteiger charge is 2.22. The number of hydrogen-bond donors (Lipinski definition) is 1. The van der Waals surface area contributed by atoms with Crippen LogP contribution in [0.15, 0.2) is 41.3 Å². The lowest BCUT2D eigenvalue weighted by Gasteiger charge is -2.34. The maximum Gasteiger partial charge on any atom is 0.221 e. The predicted octanol–water partition coefficient (Wildman–Crippen LogP) is 4.04. The predicted molar refractivity (Wildman–Crippen MR) is 150 cm³/mol. The molecule has 7 nitrogen and oxygen atoms in total. The molecule has 2 fully saturated rings. The SMILES string of the molecule is COc1cc(C)c(S(=O)N(C)CCC(=O)NC2CCN(c3ccc(CN4CCCC4)cc3)CC2)c(C)c1. The minimum absolute atomic E-state index is 0.0248. The molecule has 8 heteroatoms. The first-order valence-corrected chi connectivity index (χ1v) is 14.6. The van der Waals surface area contributed by atoms with Crippen LogP contribution in [-0.4, -0.2) is 72.2 Å². The second-order valence-electron chi connectivity index (χ2n) is 10.4. The van der Waals surface area contributed by atoms with Crippen LogP contribution < -0.4 is 15.0 Å². The first-order valence-electron chi connectivity index (χ1n) is 13.5. The quantitative estimate of drug-likeness (QED) is 0.506. The van der Waals surface area contributed by atoms with Crippen LogP contribution in [0.2, 0.25) is 0 Å². The highest BCUT2D eigenvalue weighted by Crippen LogP contribution is 2.26. The molecule has 202 valence electrons. The lowest BCUT2D eigenvalue weighted by molar-refractivity contribution is -0.122. The molecule has 1 amide bonds. The highest BCUT2D eigenvalue weighted by molar-refractivity contribution is 7.82. The summed E-state index contributed by atoms with van der Waals surface area (Å²) in [6.45, 7) is 9.70. The molecule has 2 aliphatic rings. The third kappa shape index (κ3) is 7.33. The van der Waals surface area contributed by atoms with E-state index in [0.29, 0.717) is 13.0 Å². The van der Waals surface area contributed by atoms with Gasteiger partial charge in [-0.1, -0.05) is 12.1 Å². The van der Waals surface area contributed by atoms with Crippen LogP contribution in [0, 0.1) is 13.8 Å². The minimum Gasteiger partial charge on any atom is -0.497 e. The van der Waals surface area contributed by atoms with Crippen molar-refractivity contribution in [2.24, 2.45) is 0 Å². The number of piperidine rings is 1. The zero-order valence-corrected chi connectivity index (χ0v) is 23.6. The van der Waals surface area contributed by atoms with Crippen molar-refractivity contribution in [2.45, 2.75) is 63.4 Å². The van der Waals surface area contributed by atoms with Crippen LogP contribution in [0.25, 0.3) is 0 Å². The average Bonchev–Trinajstić information content (AvgIpc) is 3.40. The van der Waals surface area contributed by atoms with E-state index in [1.807, 2.05) is 26.0 Å². The van der Waals surface area contributed by atoms with Crippen molar-refractivity contribution in [1.29, 1.82) is 0 Å². The van der Waals surface area contributed by atoms with Crippen molar-refractivity contribution in [1.82, 2.24) is 14.5 Å². The molecular weight excluding hydrogens is 484 g/mol. The Morgan fingerprint density at radius 3 is 2.27 bits per heavy atom. The molecule has 2 heterocycles. The number of carbonyl (C=O) groups excluding carboxylic acids is 1. The largest absolute Gasteiger partial charge is 0.497 e. The highest BCUT2D eigenvalue weighted by atomic mass is 32.2. The van der Waals surface area contributed by atoms with Crippen molar-refractivity contribution < 1.29 is 13.7 Å². The fraction of sp³-hybridized carbons (Fsp3) is 0.552. The molecule has 2 aromatic carbocycles. The molecule has 0 saturated carbocycles. The fourth-order valence-corrected chi connectivity index (χ4v) is 6.63. The van der Waals surface area contributed by atoms with Crippen LogP contribution in [0.4, 0.5) is 5.69 Å². The summed E-state index contributed by atoms with van der Waals surface area (Å²) in [5.41, 5.74) is 4.51. The van der Waals surface area contributed by atoms with Crippen molar-refractivity contribution in [3.05, 3.63) is 53.1 Å². The summed E-state index contributed by atoms with van der Waals surface area (Å²) in [7, 11) is 2.11. The number of carbonyl (C=O) groups is 1. The van der Waals surface area contributed by atoms with Crippen molar-refractivity contribution >= 4 is 22.6 Å². The van der Waals surface area contributed by atoms with E-state index < -0.39 is 11.0 Å². The summed E-state index contributed by atoms with van der Waals surface area (Å²) in [5.74, 6) is 0.787. The van der Waals surface area contributed by atoms with Gasteiger partial charge in [0.05, 0.1) is 12.0 Å². The Morgan fingerprint density at radius 2 is 1.68 bits per heavy atom. The fourth-order valence-electron chi connectivity index (χ4n) is 5.39. The molecule has 4 rings (SSSR count). The Morgan fingerprint density at radius 1 is 1.05 bits per heavy atom. The van der Waals surface area contributed by atoms with Gasteiger partial charge in [0.1, 0.15) is 16.7 Å². The topological polar surface area (TPSA) is 65.1 Å². The summed E-state index contributed by atoms with van der Waals surface area (Å²) in [6.07, 6.45) is 4.85. The molecular formula is C29H42N4O3S. The normalized spacial score (nSPS) is 17.8. The molecule has 0 bridgehead atoms. The Balaban J connectivity index is 1.19. The molecule has 0 spiro atoms. The number of aryl methyl sites for hydroxylation is 2. The van der Waals surface area contributed by atoms with Gasteiger partial charge in [0.15, 0.2) is 0 Å². The lowest BCUT2D eigenvalue weighted by Crippen LogP contribution is -2.45. The van der Waals surface area contributed by atoms with Crippen LogP contribution >= 0.6 is 0 Å². The molecule has 0 aliphatic carbocycles. The maximum absolute atomic E-state index is 13.1. The zero-order chi connectivity index (χ0) is 26.4. The van der Waals surface area contributed by atoms with Crippen molar-refractivity contribution in [2.75, 3.05) is 51.8 Å². The molecule has 37 heavy (non-hydrogen) atoms. The number of ether oxygens (including phenoxy) is 1. The van der Waals surface area contributed by atoms with Gasteiger partial charge in [-0.05, 0) is 93.6 Å². The number of nitrogens with zero attached hydrogens (tertiary/aromatic N) is 3. The van der Waals surface area contributed by atoms with E-state index in [4.69, 9.17) is 4.74 Å². The Labute approximate surface area is 224 Å². The number of anilines is 1. The number of methoxy groups -OCH3 is 1. The summed E-state index contributed by atoms with van der Waals surface area (Å²) >= 11 is 0. The lowest BCUT2D eigenvalue weighted by atomic mass is 10.0. The van der Waals surface area contributed by atoms with Crippen molar-refractivity contribution in [3.8, 4) is 5.75 Å². The van der Waals surface area contributed by atoms with E-state index in [9.17, 15) is 9.00 Å². The van der Waals surface area contributed by atoms with E-state index in [-0.39, 0.29) is 11.9 Å². The number of amides is 1. The standard InChI is InChI=1S/C29H42N4O3S/c1-22-19-27(36-4)20-23(2)29(22)37(35)31(3)16-13-28(34)30-25-11-17-33(18-12-25)26-9-7-24(8-10-26)21-32-14-5-6-15-32/h7-10,19-20,25H,5-6,11-18,21H2,1-4H3,(H,30,34). The van der Waals surface area contributed by atoms with E-state index in [1.54, 1.807) is 18.5 Å². The van der Waals surface area contributed by atoms with Gasteiger partial charge in [0, 0.05) is 51.4 Å². The molecule has 0 radical (unpaired) electrons. The third-order valence-electron chi connectivity index (χ3n) is 7.55. The Bertz CT molecular complexity index is 1050. The Hall–Kier alpha value is -2.42. The molecule has 2 saturated heterocycles. The second-order valence-corrected chi connectivity index (χ2v) is 11.9. The Kier molecular flexibility index (Phi) is 9.62. The van der Waals surface area contributed by atoms with Gasteiger partial charge in [0.25, 0.3) is 0 Å². The number of likely N-dealkylation sites (tertiary alicyclic amines) is 1. The van der Waals surface area contributed by atoms with E-state index >= 15 is 0 Å². The molecule has 1 N–H and O–H groups in total. The van der Waals surface area contributed by atoms with Gasteiger partial charge in [0.2, 0.25) is 5.91 Å². The molecule has 1 atom stereocenters. The monoisotopic (exact) mass is 526 g/mol.